The van der Waals surface area contributed by atoms with E-state index in [0.717, 1.165) is 35.1 Å². The van der Waals surface area contributed by atoms with Gasteiger partial charge in [-0.05, 0) is 54.4 Å². The van der Waals surface area contributed by atoms with Gasteiger partial charge in [-0.2, -0.15) is 0 Å². The summed E-state index contributed by atoms with van der Waals surface area (Å²) in [6, 6.07) is 15.8. The van der Waals surface area contributed by atoms with E-state index in [2.05, 4.69) is 29.6 Å². The maximum absolute atomic E-state index is 13.1. The molecular weight excluding hydrogens is 444 g/mol. The number of carbonyl (C=O) groups is 3. The van der Waals surface area contributed by atoms with Crippen LogP contribution in [0.1, 0.15) is 63.5 Å². The van der Waals surface area contributed by atoms with Crippen LogP contribution in [0, 0.1) is 5.92 Å². The van der Waals surface area contributed by atoms with E-state index in [0.29, 0.717) is 13.0 Å². The average molecular weight is 479 g/mol. The van der Waals surface area contributed by atoms with Gasteiger partial charge in [0.1, 0.15) is 12.1 Å². The number of benzene rings is 2. The Kier molecular flexibility index (Phi) is 7.15. The molecular formula is C28H34N2O5. The van der Waals surface area contributed by atoms with Crippen molar-refractivity contribution in [2.45, 2.75) is 64.0 Å². The Labute approximate surface area is 206 Å². The Bertz CT molecular complexity index is 1070. The van der Waals surface area contributed by atoms with E-state index in [1.165, 1.54) is 4.90 Å². The smallest absolute Gasteiger partial charge is 0.407 e. The van der Waals surface area contributed by atoms with E-state index in [1.807, 2.05) is 38.1 Å². The molecule has 1 fully saturated rings. The first kappa shape index (κ1) is 24.8. The summed E-state index contributed by atoms with van der Waals surface area (Å²) in [6.45, 7) is 6.07. The molecule has 0 saturated carbocycles. The highest BCUT2D eigenvalue weighted by Crippen LogP contribution is 2.44. The van der Waals surface area contributed by atoms with Crippen LogP contribution in [0.5, 0.6) is 0 Å². The van der Waals surface area contributed by atoms with Gasteiger partial charge in [-0.25, -0.2) is 9.59 Å². The number of hydrogen-bond donors (Lipinski definition) is 2. The van der Waals surface area contributed by atoms with Crippen LogP contribution < -0.4 is 5.32 Å². The summed E-state index contributed by atoms with van der Waals surface area (Å²) >= 11 is 0. The second kappa shape index (κ2) is 10.1. The molecule has 7 heteroatoms. The summed E-state index contributed by atoms with van der Waals surface area (Å²) < 4.78 is 5.66. The number of fused-ring (bicyclic) bond motifs is 3. The molecule has 1 saturated heterocycles. The van der Waals surface area contributed by atoms with Crippen LogP contribution in [0.2, 0.25) is 0 Å². The Hall–Kier alpha value is -3.35. The zero-order chi connectivity index (χ0) is 25.2. The molecule has 4 rings (SSSR count). The van der Waals surface area contributed by atoms with Gasteiger partial charge in [0.2, 0.25) is 5.91 Å². The van der Waals surface area contributed by atoms with Crippen LogP contribution in [-0.4, -0.2) is 52.7 Å². The number of carboxylic acids is 1. The first-order valence-electron chi connectivity index (χ1n) is 12.4. The second-order valence-electron chi connectivity index (χ2n) is 10.1. The molecule has 2 amide bonds. The summed E-state index contributed by atoms with van der Waals surface area (Å²) in [6.07, 6.45) is 1.45. The number of carbonyl (C=O) groups excluding carboxylic acids is 2. The van der Waals surface area contributed by atoms with Crippen LogP contribution in [0.3, 0.4) is 0 Å². The molecule has 35 heavy (non-hydrogen) atoms. The number of ether oxygens (including phenoxy) is 1. The summed E-state index contributed by atoms with van der Waals surface area (Å²) in [7, 11) is 0. The quantitative estimate of drug-likeness (QED) is 0.596. The minimum atomic E-state index is -1.21. The zero-order valence-corrected chi connectivity index (χ0v) is 20.6. The number of carboxylic acid groups (broad SMARTS) is 1. The van der Waals surface area contributed by atoms with Gasteiger partial charge in [-0.1, -0.05) is 62.4 Å². The van der Waals surface area contributed by atoms with Crippen molar-refractivity contribution in [2.24, 2.45) is 5.92 Å². The Morgan fingerprint density at radius 2 is 1.66 bits per heavy atom. The number of nitrogens with zero attached hydrogens (tertiary/aromatic N) is 1. The van der Waals surface area contributed by atoms with Crippen molar-refractivity contribution in [3.05, 3.63) is 59.7 Å². The number of amides is 2. The van der Waals surface area contributed by atoms with E-state index < -0.39 is 23.6 Å². The highest BCUT2D eigenvalue weighted by atomic mass is 16.5. The van der Waals surface area contributed by atoms with Crippen LogP contribution in [0.25, 0.3) is 11.1 Å². The van der Waals surface area contributed by atoms with E-state index in [9.17, 15) is 19.5 Å². The molecule has 2 N–H and O–H groups in total. The van der Waals surface area contributed by atoms with Gasteiger partial charge in [0.25, 0.3) is 0 Å². The van der Waals surface area contributed by atoms with E-state index >= 15 is 0 Å². The van der Waals surface area contributed by atoms with Crippen LogP contribution in [0.15, 0.2) is 48.5 Å². The van der Waals surface area contributed by atoms with Crippen molar-refractivity contribution in [3.8, 4) is 11.1 Å². The van der Waals surface area contributed by atoms with Gasteiger partial charge in [0.15, 0.2) is 0 Å². The molecule has 1 unspecified atom stereocenters. The van der Waals surface area contributed by atoms with Crippen molar-refractivity contribution < 1.29 is 24.2 Å². The van der Waals surface area contributed by atoms with Gasteiger partial charge in [0.05, 0.1) is 0 Å². The second-order valence-corrected chi connectivity index (χ2v) is 10.1. The minimum absolute atomic E-state index is 0.0275. The molecule has 0 spiro atoms. The fourth-order valence-electron chi connectivity index (χ4n) is 5.29. The normalized spacial score (nSPS) is 20.2. The molecule has 2 aromatic carbocycles. The highest BCUT2D eigenvalue weighted by Gasteiger charge is 2.44. The lowest BCUT2D eigenvalue weighted by Crippen LogP contribution is -2.58. The summed E-state index contributed by atoms with van der Waals surface area (Å²) in [5.74, 6) is -1.32. The van der Waals surface area contributed by atoms with Crippen molar-refractivity contribution >= 4 is 18.0 Å². The van der Waals surface area contributed by atoms with Crippen molar-refractivity contribution in [1.82, 2.24) is 10.2 Å². The number of rotatable bonds is 7. The first-order chi connectivity index (χ1) is 16.7. The predicted octanol–water partition coefficient (Wildman–Crippen LogP) is 4.80. The highest BCUT2D eigenvalue weighted by molar-refractivity contribution is 5.87. The molecule has 1 heterocycles. The van der Waals surface area contributed by atoms with Crippen LogP contribution in [-0.2, 0) is 14.3 Å². The number of hydrogen-bond acceptors (Lipinski definition) is 4. The third-order valence-corrected chi connectivity index (χ3v) is 7.50. The molecule has 0 aromatic heterocycles. The molecule has 0 bridgehead atoms. The minimum Gasteiger partial charge on any atom is -0.480 e. The van der Waals surface area contributed by atoms with Gasteiger partial charge in [-0.15, -0.1) is 0 Å². The number of aliphatic carboxylic acids is 1. The fourth-order valence-corrected chi connectivity index (χ4v) is 5.29. The third kappa shape index (κ3) is 4.90. The number of nitrogens with one attached hydrogen (secondary N) is 1. The van der Waals surface area contributed by atoms with E-state index in [4.69, 9.17) is 4.74 Å². The standard InChI is InChI=1S/C28H34N2O5/c1-18(2)24(16-25(31)30-15-9-8-14-28(30,3)26(32)33)29-27(34)35-17-23-21-12-6-4-10-19(21)20-11-5-7-13-22(20)23/h4-7,10-13,18,23-24H,8-9,14-17H2,1-3H3,(H,29,34)(H,32,33)/t24-,28?/m0/s1. The summed E-state index contributed by atoms with van der Waals surface area (Å²) in [4.78, 5) is 39.3. The van der Waals surface area contributed by atoms with E-state index in [1.54, 1.807) is 6.92 Å². The molecule has 0 radical (unpaired) electrons. The molecule has 2 aliphatic rings. The molecule has 2 atom stereocenters. The SMILES string of the molecule is CC(C)[C@H](CC(=O)N1CCCCC1(C)C(=O)O)NC(=O)OCC1c2ccccc2-c2ccccc21. The Morgan fingerprint density at radius 1 is 1.06 bits per heavy atom. The molecule has 186 valence electrons. The monoisotopic (exact) mass is 478 g/mol. The van der Waals surface area contributed by atoms with Crippen molar-refractivity contribution in [3.63, 3.8) is 0 Å². The lowest BCUT2D eigenvalue weighted by atomic mass is 9.87. The fraction of sp³-hybridized carbons (Fsp3) is 0.464. The predicted molar refractivity (Wildman–Crippen MR) is 133 cm³/mol. The largest absolute Gasteiger partial charge is 0.480 e. The van der Waals surface area contributed by atoms with E-state index in [-0.39, 0.29) is 30.8 Å². The number of likely N-dealkylation sites (tertiary alicyclic amines) is 1. The maximum Gasteiger partial charge on any atom is 0.407 e. The first-order valence-corrected chi connectivity index (χ1v) is 12.4. The van der Waals surface area contributed by atoms with Gasteiger partial charge < -0.3 is 20.1 Å². The van der Waals surface area contributed by atoms with Gasteiger partial charge >= 0.3 is 12.1 Å². The van der Waals surface area contributed by atoms with Gasteiger partial charge in [0, 0.05) is 24.9 Å². The van der Waals surface area contributed by atoms with Gasteiger partial charge in [-0.3, -0.25) is 4.79 Å². The van der Waals surface area contributed by atoms with Crippen LogP contribution in [0.4, 0.5) is 4.79 Å². The number of alkyl carbamates (subject to hydrolysis) is 1. The molecule has 1 aliphatic carbocycles. The third-order valence-electron chi connectivity index (χ3n) is 7.50. The van der Waals surface area contributed by atoms with Crippen molar-refractivity contribution in [1.29, 1.82) is 0 Å². The average Bonchev–Trinajstić information content (AvgIpc) is 3.16. The topological polar surface area (TPSA) is 95.9 Å². The lowest BCUT2D eigenvalue weighted by molar-refractivity contribution is -0.161. The molecule has 2 aromatic rings. The molecule has 7 nitrogen and oxygen atoms in total. The summed E-state index contributed by atoms with van der Waals surface area (Å²) in [5.41, 5.74) is 3.38. The van der Waals surface area contributed by atoms with Crippen LogP contribution >= 0.6 is 0 Å². The Morgan fingerprint density at radius 3 is 2.23 bits per heavy atom. The molecule has 1 aliphatic heterocycles. The van der Waals surface area contributed by atoms with Crippen molar-refractivity contribution in [2.75, 3.05) is 13.2 Å². The zero-order valence-electron chi connectivity index (χ0n) is 20.6. The summed E-state index contributed by atoms with van der Waals surface area (Å²) in [5, 5.41) is 12.6. The maximum atomic E-state index is 13.1. The number of piperidine rings is 1. The lowest BCUT2D eigenvalue weighted by Gasteiger charge is -2.42. The Balaban J connectivity index is 1.40.